The minimum absolute atomic E-state index is 0.0146. The Morgan fingerprint density at radius 2 is 2.04 bits per heavy atom. The second kappa shape index (κ2) is 8.40. The molecule has 0 aliphatic rings. The van der Waals surface area contributed by atoms with Gasteiger partial charge < -0.3 is 5.32 Å². The highest BCUT2D eigenvalue weighted by Crippen LogP contribution is 2.19. The summed E-state index contributed by atoms with van der Waals surface area (Å²) in [6.45, 7) is 3.27. The van der Waals surface area contributed by atoms with Crippen molar-refractivity contribution in [1.82, 2.24) is 24.8 Å². The van der Waals surface area contributed by atoms with Crippen molar-refractivity contribution in [3.8, 4) is 5.82 Å². The van der Waals surface area contributed by atoms with Gasteiger partial charge in [-0.3, -0.25) is 14.3 Å². The SMILES string of the molecule is CCN(C)[C@H](C(=O)NCc1ccc(-n2ccnc2)nc1)c1ccccc1. The van der Waals surface area contributed by atoms with Crippen molar-refractivity contribution in [2.75, 3.05) is 13.6 Å². The van der Waals surface area contributed by atoms with E-state index < -0.39 is 0 Å². The van der Waals surface area contributed by atoms with E-state index >= 15 is 0 Å². The molecule has 0 aliphatic carbocycles. The highest BCUT2D eigenvalue weighted by molar-refractivity contribution is 5.83. The van der Waals surface area contributed by atoms with Gasteiger partial charge in [0.1, 0.15) is 18.2 Å². The quantitative estimate of drug-likeness (QED) is 0.712. The predicted molar refractivity (Wildman–Crippen MR) is 101 cm³/mol. The lowest BCUT2D eigenvalue weighted by Crippen LogP contribution is -2.38. The molecule has 26 heavy (non-hydrogen) atoms. The maximum atomic E-state index is 12.8. The molecule has 0 saturated carbocycles. The summed E-state index contributed by atoms with van der Waals surface area (Å²) in [5.41, 5.74) is 1.94. The normalized spacial score (nSPS) is 12.1. The van der Waals surface area contributed by atoms with Gasteiger partial charge in [0.05, 0.1) is 0 Å². The summed E-state index contributed by atoms with van der Waals surface area (Å²) in [7, 11) is 1.96. The molecular formula is C20H23N5O. The minimum Gasteiger partial charge on any atom is -0.350 e. The molecule has 0 saturated heterocycles. The standard InChI is InChI=1S/C20H23N5O/c1-3-24(2)19(17-7-5-4-6-8-17)20(26)23-14-16-9-10-18(22-13-16)25-12-11-21-15-25/h4-13,15,19H,3,14H2,1-2H3,(H,23,26)/t19-/m0/s1. The third-order valence-electron chi connectivity index (χ3n) is 4.35. The van der Waals surface area contributed by atoms with E-state index in [1.54, 1.807) is 18.7 Å². The Bertz CT molecular complexity index is 815. The average Bonchev–Trinajstić information content (AvgIpc) is 3.22. The van der Waals surface area contributed by atoms with Gasteiger partial charge in [0, 0.05) is 25.1 Å². The Morgan fingerprint density at radius 1 is 1.23 bits per heavy atom. The van der Waals surface area contributed by atoms with Crippen molar-refractivity contribution >= 4 is 5.91 Å². The van der Waals surface area contributed by atoms with Crippen LogP contribution in [0.15, 0.2) is 67.4 Å². The molecule has 1 amide bonds. The number of nitrogens with zero attached hydrogens (tertiary/aromatic N) is 4. The van der Waals surface area contributed by atoms with E-state index in [1.807, 2.05) is 72.1 Å². The van der Waals surface area contributed by atoms with Crippen LogP contribution in [0.2, 0.25) is 0 Å². The molecule has 6 heteroatoms. The molecule has 6 nitrogen and oxygen atoms in total. The lowest BCUT2D eigenvalue weighted by molar-refractivity contribution is -0.126. The molecule has 0 aliphatic heterocycles. The van der Waals surface area contributed by atoms with E-state index in [1.165, 1.54) is 0 Å². The van der Waals surface area contributed by atoms with Crippen molar-refractivity contribution < 1.29 is 4.79 Å². The molecular weight excluding hydrogens is 326 g/mol. The second-order valence-corrected chi connectivity index (χ2v) is 6.10. The number of carbonyl (C=O) groups is 1. The zero-order valence-corrected chi connectivity index (χ0v) is 15.0. The molecule has 0 spiro atoms. The number of likely N-dealkylation sites (N-methyl/N-ethyl adjacent to an activating group) is 1. The van der Waals surface area contributed by atoms with Gasteiger partial charge in [-0.1, -0.05) is 43.3 Å². The van der Waals surface area contributed by atoms with Gasteiger partial charge in [-0.25, -0.2) is 9.97 Å². The van der Waals surface area contributed by atoms with E-state index in [2.05, 4.69) is 15.3 Å². The van der Waals surface area contributed by atoms with Gasteiger partial charge in [-0.2, -0.15) is 0 Å². The fraction of sp³-hybridized carbons (Fsp3) is 0.250. The van der Waals surface area contributed by atoms with Crippen LogP contribution in [0.25, 0.3) is 5.82 Å². The van der Waals surface area contributed by atoms with Crippen LogP contribution in [0.4, 0.5) is 0 Å². The van der Waals surface area contributed by atoms with Crippen molar-refractivity contribution in [1.29, 1.82) is 0 Å². The van der Waals surface area contributed by atoms with E-state index in [-0.39, 0.29) is 11.9 Å². The lowest BCUT2D eigenvalue weighted by Gasteiger charge is -2.26. The van der Waals surface area contributed by atoms with E-state index in [0.717, 1.165) is 23.5 Å². The van der Waals surface area contributed by atoms with Gasteiger partial charge in [0.2, 0.25) is 5.91 Å². The summed E-state index contributed by atoms with van der Waals surface area (Å²) in [6.07, 6.45) is 7.03. The Labute approximate surface area is 153 Å². The maximum Gasteiger partial charge on any atom is 0.242 e. The van der Waals surface area contributed by atoms with Crippen molar-refractivity contribution in [3.63, 3.8) is 0 Å². The first-order valence-electron chi connectivity index (χ1n) is 8.65. The fourth-order valence-corrected chi connectivity index (χ4v) is 2.78. The first-order valence-corrected chi connectivity index (χ1v) is 8.65. The predicted octanol–water partition coefficient (Wildman–Crippen LogP) is 2.58. The fourth-order valence-electron chi connectivity index (χ4n) is 2.78. The summed E-state index contributed by atoms with van der Waals surface area (Å²) < 4.78 is 1.84. The van der Waals surface area contributed by atoms with Crippen LogP contribution in [0, 0.1) is 0 Å². The topological polar surface area (TPSA) is 63.1 Å². The second-order valence-electron chi connectivity index (χ2n) is 6.10. The molecule has 134 valence electrons. The first kappa shape index (κ1) is 17.8. The van der Waals surface area contributed by atoms with Crippen LogP contribution in [0.1, 0.15) is 24.1 Å². The molecule has 3 aromatic rings. The Balaban J connectivity index is 1.66. The number of hydrogen-bond donors (Lipinski definition) is 1. The number of benzene rings is 1. The van der Waals surface area contributed by atoms with E-state index in [4.69, 9.17) is 0 Å². The number of aromatic nitrogens is 3. The highest BCUT2D eigenvalue weighted by Gasteiger charge is 2.23. The Morgan fingerprint density at radius 3 is 2.65 bits per heavy atom. The van der Waals surface area contributed by atoms with Crippen LogP contribution in [-0.4, -0.2) is 38.9 Å². The van der Waals surface area contributed by atoms with E-state index in [9.17, 15) is 4.79 Å². The van der Waals surface area contributed by atoms with Gasteiger partial charge in [-0.15, -0.1) is 0 Å². The molecule has 1 aromatic carbocycles. The first-order chi connectivity index (χ1) is 12.7. The maximum absolute atomic E-state index is 12.8. The highest BCUT2D eigenvalue weighted by atomic mass is 16.2. The van der Waals surface area contributed by atoms with Crippen LogP contribution < -0.4 is 5.32 Å². The zero-order valence-electron chi connectivity index (χ0n) is 15.0. The largest absolute Gasteiger partial charge is 0.350 e. The van der Waals surface area contributed by atoms with Crippen LogP contribution >= 0.6 is 0 Å². The monoisotopic (exact) mass is 349 g/mol. The molecule has 0 bridgehead atoms. The molecule has 3 rings (SSSR count). The number of pyridine rings is 1. The molecule has 0 fully saturated rings. The summed E-state index contributed by atoms with van der Waals surface area (Å²) >= 11 is 0. The number of imidazole rings is 1. The van der Waals surface area contributed by atoms with Crippen molar-refractivity contribution in [2.45, 2.75) is 19.5 Å². The van der Waals surface area contributed by atoms with Crippen molar-refractivity contribution in [3.05, 3.63) is 78.5 Å². The molecule has 0 radical (unpaired) electrons. The van der Waals surface area contributed by atoms with Gasteiger partial charge in [0.25, 0.3) is 0 Å². The third kappa shape index (κ3) is 4.15. The van der Waals surface area contributed by atoms with Gasteiger partial charge in [0.15, 0.2) is 0 Å². The molecule has 0 unspecified atom stereocenters. The Hall–Kier alpha value is -2.99. The summed E-state index contributed by atoms with van der Waals surface area (Å²) in [6, 6.07) is 13.4. The molecule has 1 N–H and O–H groups in total. The number of carbonyl (C=O) groups excluding carboxylic acids is 1. The summed E-state index contributed by atoms with van der Waals surface area (Å²) in [4.78, 5) is 23.2. The van der Waals surface area contributed by atoms with Crippen LogP contribution in [-0.2, 0) is 11.3 Å². The summed E-state index contributed by atoms with van der Waals surface area (Å²) in [5.74, 6) is 0.782. The van der Waals surface area contributed by atoms with Gasteiger partial charge >= 0.3 is 0 Å². The third-order valence-corrected chi connectivity index (χ3v) is 4.35. The summed E-state index contributed by atoms with van der Waals surface area (Å²) in [5, 5.41) is 3.03. The molecule has 2 aromatic heterocycles. The van der Waals surface area contributed by atoms with Crippen molar-refractivity contribution in [2.24, 2.45) is 0 Å². The smallest absolute Gasteiger partial charge is 0.242 e. The number of amides is 1. The molecule has 2 heterocycles. The Kier molecular flexibility index (Phi) is 5.76. The minimum atomic E-state index is -0.306. The number of nitrogens with one attached hydrogen (secondary N) is 1. The lowest BCUT2D eigenvalue weighted by atomic mass is 10.0. The number of hydrogen-bond acceptors (Lipinski definition) is 4. The van der Waals surface area contributed by atoms with Crippen LogP contribution in [0.3, 0.4) is 0 Å². The average molecular weight is 349 g/mol. The zero-order chi connectivity index (χ0) is 18.4. The van der Waals surface area contributed by atoms with Gasteiger partial charge in [-0.05, 0) is 30.8 Å². The molecule has 1 atom stereocenters. The van der Waals surface area contributed by atoms with Crippen LogP contribution in [0.5, 0.6) is 0 Å². The van der Waals surface area contributed by atoms with E-state index in [0.29, 0.717) is 6.54 Å². The number of rotatable bonds is 7.